The lowest BCUT2D eigenvalue weighted by molar-refractivity contribution is 0.462. The largest absolute Gasteiger partial charge is 0.324 e. The summed E-state index contributed by atoms with van der Waals surface area (Å²) in [6.07, 6.45) is 1.88. The Hall–Kier alpha value is -0.390. The van der Waals surface area contributed by atoms with Crippen LogP contribution in [0, 0.1) is 0 Å². The van der Waals surface area contributed by atoms with Gasteiger partial charge in [0.05, 0.1) is 16.9 Å². The van der Waals surface area contributed by atoms with Crippen LogP contribution in [0.3, 0.4) is 0 Å². The molecule has 0 amide bonds. The third-order valence-electron chi connectivity index (χ3n) is 3.57. The van der Waals surface area contributed by atoms with Crippen molar-refractivity contribution >= 4 is 49.4 Å². The number of aromatic nitrogens is 2. The Balaban J connectivity index is 2.08. The number of rotatable bonds is 2. The molecule has 1 aromatic heterocycles. The molecule has 0 spiro atoms. The number of hydrogen-bond acceptors (Lipinski definition) is 2. The minimum atomic E-state index is -0.643. The SMILES string of the molecule is O=S1CCC(n2c(CCl)nc3cc(Br)ccc32)CC1. The van der Waals surface area contributed by atoms with Gasteiger partial charge in [0, 0.05) is 32.8 Å². The van der Waals surface area contributed by atoms with Crippen LogP contribution in [0.25, 0.3) is 11.0 Å². The molecule has 0 saturated carbocycles. The summed E-state index contributed by atoms with van der Waals surface area (Å²) in [7, 11) is -0.643. The number of halogens is 2. The van der Waals surface area contributed by atoms with Crippen LogP contribution in [0.2, 0.25) is 0 Å². The van der Waals surface area contributed by atoms with Crippen molar-refractivity contribution in [1.29, 1.82) is 0 Å². The molecule has 102 valence electrons. The van der Waals surface area contributed by atoms with E-state index in [2.05, 4.69) is 31.5 Å². The highest BCUT2D eigenvalue weighted by atomic mass is 79.9. The van der Waals surface area contributed by atoms with Crippen molar-refractivity contribution in [2.75, 3.05) is 11.5 Å². The van der Waals surface area contributed by atoms with Gasteiger partial charge in [0.1, 0.15) is 5.82 Å². The molecule has 19 heavy (non-hydrogen) atoms. The molecular formula is C13H14BrClN2OS. The minimum absolute atomic E-state index is 0.373. The van der Waals surface area contributed by atoms with Crippen molar-refractivity contribution in [3.05, 3.63) is 28.5 Å². The normalized spacial score (nSPS) is 23.9. The van der Waals surface area contributed by atoms with Crippen LogP contribution in [-0.2, 0) is 16.7 Å². The highest BCUT2D eigenvalue weighted by Crippen LogP contribution is 2.30. The van der Waals surface area contributed by atoms with Crippen LogP contribution in [0.4, 0.5) is 0 Å². The maximum atomic E-state index is 11.5. The number of nitrogens with zero attached hydrogens (tertiary/aromatic N) is 2. The zero-order valence-corrected chi connectivity index (χ0v) is 13.5. The van der Waals surface area contributed by atoms with Crippen LogP contribution in [0.15, 0.2) is 22.7 Å². The summed E-state index contributed by atoms with van der Waals surface area (Å²) >= 11 is 9.51. The number of hydrogen-bond donors (Lipinski definition) is 0. The summed E-state index contributed by atoms with van der Waals surface area (Å²) in [4.78, 5) is 4.61. The summed E-state index contributed by atoms with van der Waals surface area (Å²) in [6.45, 7) is 0. The molecule has 1 fully saturated rings. The quantitative estimate of drug-likeness (QED) is 0.766. The average molecular weight is 362 g/mol. The maximum Gasteiger partial charge on any atom is 0.125 e. The molecule has 6 heteroatoms. The van der Waals surface area contributed by atoms with Crippen molar-refractivity contribution < 1.29 is 4.21 Å². The number of fused-ring (bicyclic) bond motifs is 1. The van der Waals surface area contributed by atoms with E-state index >= 15 is 0 Å². The fraction of sp³-hybridized carbons (Fsp3) is 0.462. The molecule has 1 aromatic carbocycles. The summed E-state index contributed by atoms with van der Waals surface area (Å²) in [6, 6.07) is 6.49. The summed E-state index contributed by atoms with van der Waals surface area (Å²) in [5.74, 6) is 2.88. The van der Waals surface area contributed by atoms with Crippen molar-refractivity contribution in [2.24, 2.45) is 0 Å². The van der Waals surface area contributed by atoms with E-state index in [0.717, 1.165) is 45.7 Å². The predicted octanol–water partition coefficient (Wildman–Crippen LogP) is 3.62. The molecule has 3 nitrogen and oxygen atoms in total. The standard InChI is InChI=1S/C13H14BrClN2OS/c14-9-1-2-12-11(7-9)16-13(8-15)17(12)10-3-5-19(18)6-4-10/h1-2,7,10H,3-6,8H2. The van der Waals surface area contributed by atoms with Crippen LogP contribution in [-0.4, -0.2) is 25.3 Å². The predicted molar refractivity (Wildman–Crippen MR) is 83.1 cm³/mol. The Labute approximate surface area is 127 Å². The van der Waals surface area contributed by atoms with E-state index < -0.39 is 10.8 Å². The lowest BCUT2D eigenvalue weighted by atomic mass is 10.1. The lowest BCUT2D eigenvalue weighted by Crippen LogP contribution is -2.22. The average Bonchev–Trinajstić information content (AvgIpc) is 2.77. The van der Waals surface area contributed by atoms with Crippen LogP contribution >= 0.6 is 27.5 Å². The first-order valence-corrected chi connectivity index (χ1v) is 9.08. The third kappa shape index (κ3) is 2.60. The van der Waals surface area contributed by atoms with E-state index in [1.54, 1.807) is 0 Å². The topological polar surface area (TPSA) is 34.9 Å². The van der Waals surface area contributed by atoms with E-state index in [1.165, 1.54) is 0 Å². The second kappa shape index (κ2) is 5.54. The van der Waals surface area contributed by atoms with Gasteiger partial charge in [-0.1, -0.05) is 15.9 Å². The summed E-state index contributed by atoms with van der Waals surface area (Å²) in [5.41, 5.74) is 2.09. The van der Waals surface area contributed by atoms with Gasteiger partial charge in [0.25, 0.3) is 0 Å². The minimum Gasteiger partial charge on any atom is -0.324 e. The van der Waals surface area contributed by atoms with Gasteiger partial charge in [-0.15, -0.1) is 11.6 Å². The van der Waals surface area contributed by atoms with Gasteiger partial charge < -0.3 is 4.57 Å². The number of alkyl halides is 1. The molecule has 0 radical (unpaired) electrons. The fourth-order valence-corrected chi connectivity index (χ4v) is 4.47. The number of imidazole rings is 1. The molecule has 0 unspecified atom stereocenters. The molecule has 0 atom stereocenters. The van der Waals surface area contributed by atoms with Crippen LogP contribution < -0.4 is 0 Å². The van der Waals surface area contributed by atoms with E-state index in [9.17, 15) is 4.21 Å². The van der Waals surface area contributed by atoms with Gasteiger partial charge >= 0.3 is 0 Å². The van der Waals surface area contributed by atoms with Gasteiger partial charge in [-0.25, -0.2) is 4.98 Å². The fourth-order valence-electron chi connectivity index (χ4n) is 2.66. The Morgan fingerprint density at radius 3 is 2.84 bits per heavy atom. The first-order chi connectivity index (χ1) is 9.19. The zero-order valence-electron chi connectivity index (χ0n) is 10.3. The first kappa shape index (κ1) is 13.6. The van der Waals surface area contributed by atoms with Crippen LogP contribution in [0.5, 0.6) is 0 Å². The summed E-state index contributed by atoms with van der Waals surface area (Å²) < 4.78 is 14.8. The third-order valence-corrected chi connectivity index (χ3v) is 5.68. The van der Waals surface area contributed by atoms with Crippen molar-refractivity contribution in [1.82, 2.24) is 9.55 Å². The molecule has 1 saturated heterocycles. The maximum absolute atomic E-state index is 11.5. The summed E-state index contributed by atoms with van der Waals surface area (Å²) in [5, 5.41) is 0. The van der Waals surface area contributed by atoms with Gasteiger partial charge in [0.2, 0.25) is 0 Å². The molecule has 1 aliphatic heterocycles. The van der Waals surface area contributed by atoms with Crippen molar-refractivity contribution in [3.63, 3.8) is 0 Å². The van der Waals surface area contributed by atoms with Gasteiger partial charge in [-0.3, -0.25) is 4.21 Å². The second-order valence-electron chi connectivity index (χ2n) is 4.74. The Kier molecular flexibility index (Phi) is 3.96. The molecule has 2 aromatic rings. The Bertz CT molecular complexity index is 633. The number of benzene rings is 1. The van der Waals surface area contributed by atoms with Gasteiger partial charge in [-0.05, 0) is 31.0 Å². The van der Waals surface area contributed by atoms with E-state index in [0.29, 0.717) is 11.9 Å². The molecular weight excluding hydrogens is 348 g/mol. The van der Waals surface area contributed by atoms with Crippen molar-refractivity contribution in [3.8, 4) is 0 Å². The molecule has 0 N–H and O–H groups in total. The first-order valence-electron chi connectivity index (χ1n) is 6.26. The zero-order chi connectivity index (χ0) is 13.4. The molecule has 0 bridgehead atoms. The smallest absolute Gasteiger partial charge is 0.125 e. The monoisotopic (exact) mass is 360 g/mol. The van der Waals surface area contributed by atoms with Gasteiger partial charge in [-0.2, -0.15) is 0 Å². The van der Waals surface area contributed by atoms with Crippen molar-refractivity contribution in [2.45, 2.75) is 24.8 Å². The van der Waals surface area contributed by atoms with Crippen LogP contribution in [0.1, 0.15) is 24.7 Å². The molecule has 1 aliphatic rings. The molecule has 2 heterocycles. The second-order valence-corrected chi connectivity index (χ2v) is 7.62. The lowest BCUT2D eigenvalue weighted by Gasteiger charge is -2.25. The highest BCUT2D eigenvalue weighted by molar-refractivity contribution is 9.10. The van der Waals surface area contributed by atoms with E-state index in [1.807, 2.05) is 12.1 Å². The Morgan fingerprint density at radius 1 is 1.42 bits per heavy atom. The highest BCUT2D eigenvalue weighted by Gasteiger charge is 2.23. The molecule has 0 aliphatic carbocycles. The molecule has 3 rings (SSSR count). The Morgan fingerprint density at radius 2 is 2.16 bits per heavy atom. The van der Waals surface area contributed by atoms with E-state index in [-0.39, 0.29) is 0 Å². The van der Waals surface area contributed by atoms with E-state index in [4.69, 9.17) is 11.6 Å². The van der Waals surface area contributed by atoms with Gasteiger partial charge in [0.15, 0.2) is 0 Å².